The van der Waals surface area contributed by atoms with Crippen LogP contribution in [0.15, 0.2) is 0 Å². The fourth-order valence-corrected chi connectivity index (χ4v) is 2.71. The monoisotopic (exact) mass is 154 g/mol. The van der Waals surface area contributed by atoms with Crippen molar-refractivity contribution in [2.45, 2.75) is 39.2 Å². The van der Waals surface area contributed by atoms with E-state index in [1.54, 1.807) is 0 Å². The van der Waals surface area contributed by atoms with E-state index >= 15 is 0 Å². The molecule has 0 radical (unpaired) electrons. The number of hydrogen-bond donors (Lipinski definition) is 1. The van der Waals surface area contributed by atoms with E-state index in [9.17, 15) is 5.11 Å². The average Bonchev–Trinajstić information content (AvgIpc) is 2.56. The molecule has 64 valence electrons. The third-order valence-corrected chi connectivity index (χ3v) is 3.31. The van der Waals surface area contributed by atoms with Crippen LogP contribution in [-0.4, -0.2) is 11.2 Å². The lowest BCUT2D eigenvalue weighted by Crippen LogP contribution is -2.19. The summed E-state index contributed by atoms with van der Waals surface area (Å²) in [6.07, 6.45) is 3.79. The van der Waals surface area contributed by atoms with Gasteiger partial charge in [-0.25, -0.2) is 0 Å². The Bertz CT molecular complexity index is 151. The van der Waals surface area contributed by atoms with Gasteiger partial charge in [-0.1, -0.05) is 13.8 Å². The van der Waals surface area contributed by atoms with Gasteiger partial charge in [0.05, 0.1) is 6.10 Å². The topological polar surface area (TPSA) is 20.2 Å². The lowest BCUT2D eigenvalue weighted by molar-refractivity contribution is 0.101. The summed E-state index contributed by atoms with van der Waals surface area (Å²) in [6.45, 7) is 4.50. The first-order chi connectivity index (χ1) is 5.18. The molecule has 0 aromatic carbocycles. The van der Waals surface area contributed by atoms with Crippen LogP contribution in [0.5, 0.6) is 0 Å². The summed E-state index contributed by atoms with van der Waals surface area (Å²) in [6, 6.07) is 0. The molecule has 0 amide bonds. The Morgan fingerprint density at radius 2 is 2.09 bits per heavy atom. The smallest absolute Gasteiger partial charge is 0.0574 e. The lowest BCUT2D eigenvalue weighted by Gasteiger charge is -2.19. The van der Waals surface area contributed by atoms with Crippen LogP contribution in [0.1, 0.15) is 33.1 Å². The van der Waals surface area contributed by atoms with Crippen molar-refractivity contribution < 1.29 is 5.11 Å². The molecule has 2 saturated carbocycles. The summed E-state index contributed by atoms with van der Waals surface area (Å²) < 4.78 is 0. The Hall–Kier alpha value is -0.0400. The average molecular weight is 154 g/mol. The van der Waals surface area contributed by atoms with E-state index in [1.807, 2.05) is 0 Å². The summed E-state index contributed by atoms with van der Waals surface area (Å²) in [7, 11) is 0. The third kappa shape index (κ3) is 1.31. The second kappa shape index (κ2) is 2.48. The van der Waals surface area contributed by atoms with Crippen molar-refractivity contribution in [2.75, 3.05) is 0 Å². The minimum atomic E-state index is 0.0427. The zero-order valence-electron chi connectivity index (χ0n) is 7.46. The van der Waals surface area contributed by atoms with Gasteiger partial charge < -0.3 is 5.11 Å². The third-order valence-electron chi connectivity index (χ3n) is 3.31. The maximum Gasteiger partial charge on any atom is 0.0574 e. The van der Waals surface area contributed by atoms with Crippen molar-refractivity contribution >= 4 is 0 Å². The quantitative estimate of drug-likeness (QED) is 0.645. The van der Waals surface area contributed by atoms with E-state index in [0.29, 0.717) is 5.92 Å². The molecule has 0 aromatic heterocycles. The zero-order chi connectivity index (χ0) is 8.01. The summed E-state index contributed by atoms with van der Waals surface area (Å²) in [5.74, 6) is 3.23. The van der Waals surface area contributed by atoms with Gasteiger partial charge >= 0.3 is 0 Å². The van der Waals surface area contributed by atoms with Gasteiger partial charge in [-0.15, -0.1) is 0 Å². The molecule has 0 heterocycles. The largest absolute Gasteiger partial charge is 0.393 e. The second-order valence-corrected chi connectivity index (χ2v) is 4.76. The Morgan fingerprint density at radius 3 is 2.55 bits per heavy atom. The molecule has 2 aliphatic carbocycles. The van der Waals surface area contributed by atoms with E-state index in [-0.39, 0.29) is 6.10 Å². The Kier molecular flexibility index (Phi) is 1.71. The molecule has 0 aromatic rings. The Morgan fingerprint density at radius 1 is 1.36 bits per heavy atom. The first kappa shape index (κ1) is 7.60. The predicted octanol–water partition coefficient (Wildman–Crippen LogP) is 2.05. The number of aliphatic hydroxyl groups excluding tert-OH is 1. The van der Waals surface area contributed by atoms with E-state index in [4.69, 9.17) is 0 Å². The van der Waals surface area contributed by atoms with Gasteiger partial charge in [-0.3, -0.25) is 0 Å². The van der Waals surface area contributed by atoms with Crippen molar-refractivity contribution in [3.63, 3.8) is 0 Å². The maximum absolute atomic E-state index is 9.64. The van der Waals surface area contributed by atoms with Crippen molar-refractivity contribution in [1.82, 2.24) is 0 Å². The molecular formula is C10H18O. The van der Waals surface area contributed by atoms with Crippen LogP contribution in [0, 0.1) is 23.7 Å². The van der Waals surface area contributed by atoms with Gasteiger partial charge in [-0.05, 0) is 42.9 Å². The molecule has 2 fully saturated rings. The number of rotatable bonds is 2. The van der Waals surface area contributed by atoms with Crippen LogP contribution in [0.2, 0.25) is 0 Å². The highest BCUT2D eigenvalue weighted by molar-refractivity contribution is 5.02. The molecule has 4 unspecified atom stereocenters. The normalized spacial score (nSPS) is 48.0. The fourth-order valence-electron chi connectivity index (χ4n) is 2.71. The van der Waals surface area contributed by atoms with Crippen LogP contribution in [-0.2, 0) is 0 Å². The van der Waals surface area contributed by atoms with Gasteiger partial charge in [0.2, 0.25) is 0 Å². The fraction of sp³-hybridized carbons (Fsp3) is 1.00. The van der Waals surface area contributed by atoms with Crippen LogP contribution < -0.4 is 0 Å². The molecule has 1 heteroatoms. The first-order valence-electron chi connectivity index (χ1n) is 4.86. The van der Waals surface area contributed by atoms with Crippen LogP contribution >= 0.6 is 0 Å². The number of fused-ring (bicyclic) bond motifs is 1. The summed E-state index contributed by atoms with van der Waals surface area (Å²) in [4.78, 5) is 0. The highest BCUT2D eigenvalue weighted by Gasteiger charge is 2.52. The molecular weight excluding hydrogens is 136 g/mol. The maximum atomic E-state index is 9.64. The first-order valence-corrected chi connectivity index (χ1v) is 4.86. The summed E-state index contributed by atoms with van der Waals surface area (Å²) >= 11 is 0. The SMILES string of the molecule is CC(C)CC1C(O)CC2CC21. The Balaban J connectivity index is 1.91. The van der Waals surface area contributed by atoms with Crippen molar-refractivity contribution in [3.8, 4) is 0 Å². The molecule has 1 N–H and O–H groups in total. The predicted molar refractivity (Wildman–Crippen MR) is 45.2 cm³/mol. The summed E-state index contributed by atoms with van der Waals surface area (Å²) in [5.41, 5.74) is 0. The Labute approximate surface area is 68.8 Å². The zero-order valence-corrected chi connectivity index (χ0v) is 7.46. The number of hydrogen-bond acceptors (Lipinski definition) is 1. The van der Waals surface area contributed by atoms with E-state index in [1.165, 1.54) is 12.8 Å². The molecule has 4 atom stereocenters. The highest BCUT2D eigenvalue weighted by atomic mass is 16.3. The molecule has 0 saturated heterocycles. The molecule has 11 heavy (non-hydrogen) atoms. The minimum absolute atomic E-state index is 0.0427. The van der Waals surface area contributed by atoms with E-state index < -0.39 is 0 Å². The standard InChI is InChI=1S/C10H18O/c1-6(2)3-9-8-4-7(8)5-10(9)11/h6-11H,3-5H2,1-2H3. The van der Waals surface area contributed by atoms with Crippen LogP contribution in [0.25, 0.3) is 0 Å². The van der Waals surface area contributed by atoms with E-state index in [2.05, 4.69) is 13.8 Å². The van der Waals surface area contributed by atoms with Gasteiger partial charge in [0, 0.05) is 0 Å². The van der Waals surface area contributed by atoms with Crippen LogP contribution in [0.4, 0.5) is 0 Å². The van der Waals surface area contributed by atoms with Crippen LogP contribution in [0.3, 0.4) is 0 Å². The molecule has 1 nitrogen and oxygen atoms in total. The van der Waals surface area contributed by atoms with E-state index in [0.717, 1.165) is 24.2 Å². The molecule has 2 rings (SSSR count). The van der Waals surface area contributed by atoms with Gasteiger partial charge in [0.25, 0.3) is 0 Å². The van der Waals surface area contributed by atoms with Crippen molar-refractivity contribution in [3.05, 3.63) is 0 Å². The molecule has 0 bridgehead atoms. The lowest BCUT2D eigenvalue weighted by atomic mass is 9.91. The van der Waals surface area contributed by atoms with Gasteiger partial charge in [0.15, 0.2) is 0 Å². The van der Waals surface area contributed by atoms with Gasteiger partial charge in [-0.2, -0.15) is 0 Å². The summed E-state index contributed by atoms with van der Waals surface area (Å²) in [5, 5.41) is 9.64. The molecule has 2 aliphatic rings. The molecule has 0 aliphatic heterocycles. The van der Waals surface area contributed by atoms with Gasteiger partial charge in [0.1, 0.15) is 0 Å². The molecule has 0 spiro atoms. The highest BCUT2D eigenvalue weighted by Crippen LogP contribution is 2.56. The second-order valence-electron chi connectivity index (χ2n) is 4.76. The number of aliphatic hydroxyl groups is 1. The van der Waals surface area contributed by atoms with Crippen molar-refractivity contribution in [2.24, 2.45) is 23.7 Å². The minimum Gasteiger partial charge on any atom is -0.393 e. The van der Waals surface area contributed by atoms with Crippen molar-refractivity contribution in [1.29, 1.82) is 0 Å².